The number of carbonyl (C=O) groups excluding carboxylic acids is 1. The Morgan fingerprint density at radius 3 is 2.61 bits per heavy atom. The summed E-state index contributed by atoms with van der Waals surface area (Å²) in [4.78, 5) is 12.8. The number of benzene rings is 1. The molecule has 1 aromatic carbocycles. The van der Waals surface area contributed by atoms with Crippen molar-refractivity contribution >= 4 is 33.7 Å². The van der Waals surface area contributed by atoms with Crippen LogP contribution in [-0.4, -0.2) is 24.4 Å². The lowest BCUT2D eigenvalue weighted by atomic mass is 10.2. The highest BCUT2D eigenvalue weighted by Crippen LogP contribution is 2.37. The van der Waals surface area contributed by atoms with Gasteiger partial charge in [0.05, 0.1) is 18.2 Å². The zero-order chi connectivity index (χ0) is 13.8. The second kappa shape index (κ2) is 6.48. The third kappa shape index (κ3) is 3.92. The molecule has 0 N–H and O–H groups in total. The predicted octanol–water partition coefficient (Wildman–Crippen LogP) is 3.89. The molecule has 0 unspecified atom stereocenters. The fourth-order valence-corrected chi connectivity index (χ4v) is 3.09. The summed E-state index contributed by atoms with van der Waals surface area (Å²) in [6, 6.07) is 5.73. The van der Waals surface area contributed by atoms with Crippen molar-refractivity contribution in [2.24, 2.45) is 0 Å². The smallest absolute Gasteiger partial charge is 0.321 e. The van der Waals surface area contributed by atoms with Gasteiger partial charge in [-0.1, -0.05) is 0 Å². The monoisotopic (exact) mass is 332 g/mol. The van der Waals surface area contributed by atoms with Gasteiger partial charge in [-0.25, -0.2) is 0 Å². The molecule has 0 atom stereocenters. The number of thioether (sulfide) groups is 1. The lowest BCUT2D eigenvalue weighted by molar-refractivity contribution is -0.145. The number of methoxy groups -OCH3 is 1. The Morgan fingerprint density at radius 2 is 2.11 bits per heavy atom. The fourth-order valence-electron chi connectivity index (χ4n) is 1.35. The second-order valence-corrected chi connectivity index (χ2v) is 6.68. The highest BCUT2D eigenvalue weighted by Gasteiger charge is 2.30. The lowest BCUT2D eigenvalue weighted by Crippen LogP contribution is -2.29. The van der Waals surface area contributed by atoms with Crippen LogP contribution in [0.1, 0.15) is 20.8 Å². The van der Waals surface area contributed by atoms with Crippen LogP contribution in [0, 0.1) is 0 Å². The molecule has 0 saturated heterocycles. The predicted molar refractivity (Wildman–Crippen MR) is 77.3 cm³/mol. The normalized spacial score (nSPS) is 11.2. The van der Waals surface area contributed by atoms with Gasteiger partial charge in [-0.05, 0) is 54.9 Å². The van der Waals surface area contributed by atoms with E-state index in [2.05, 4.69) is 15.9 Å². The van der Waals surface area contributed by atoms with Crippen LogP contribution < -0.4 is 4.74 Å². The number of hydrogen-bond acceptors (Lipinski definition) is 4. The molecular weight excluding hydrogens is 316 g/mol. The summed E-state index contributed by atoms with van der Waals surface area (Å²) < 4.78 is 10.5. The minimum Gasteiger partial charge on any atom is -0.496 e. The SMILES string of the molecule is CCOC(=O)C(C)(C)Sc1ccc(OC)c(Br)c1. The zero-order valence-electron chi connectivity index (χ0n) is 11.0. The topological polar surface area (TPSA) is 35.5 Å². The minimum absolute atomic E-state index is 0.207. The van der Waals surface area contributed by atoms with Gasteiger partial charge in [0.15, 0.2) is 0 Å². The summed E-state index contributed by atoms with van der Waals surface area (Å²) in [5.74, 6) is 0.565. The quantitative estimate of drug-likeness (QED) is 0.605. The Hall–Kier alpha value is -0.680. The summed E-state index contributed by atoms with van der Waals surface area (Å²) >= 11 is 4.90. The molecule has 1 rings (SSSR count). The molecule has 0 aromatic heterocycles. The van der Waals surface area contributed by atoms with Crippen LogP contribution in [0.2, 0.25) is 0 Å². The molecular formula is C13H17BrO3S. The lowest BCUT2D eigenvalue weighted by Gasteiger charge is -2.21. The van der Waals surface area contributed by atoms with E-state index in [9.17, 15) is 4.79 Å². The first-order valence-electron chi connectivity index (χ1n) is 5.60. The number of halogens is 1. The molecule has 0 aliphatic carbocycles. The number of carbonyl (C=O) groups is 1. The van der Waals surface area contributed by atoms with Crippen molar-refractivity contribution in [1.29, 1.82) is 0 Å². The summed E-state index contributed by atoms with van der Waals surface area (Å²) in [6.45, 7) is 5.92. The van der Waals surface area contributed by atoms with Gasteiger partial charge >= 0.3 is 5.97 Å². The van der Waals surface area contributed by atoms with Crippen molar-refractivity contribution in [2.45, 2.75) is 30.4 Å². The van der Waals surface area contributed by atoms with E-state index >= 15 is 0 Å². The molecule has 0 aliphatic rings. The van der Waals surface area contributed by atoms with Crippen LogP contribution in [0.4, 0.5) is 0 Å². The van der Waals surface area contributed by atoms with Gasteiger partial charge in [0.1, 0.15) is 10.5 Å². The molecule has 0 saturated carbocycles. The van der Waals surface area contributed by atoms with Crippen molar-refractivity contribution in [1.82, 2.24) is 0 Å². The maximum absolute atomic E-state index is 11.8. The maximum atomic E-state index is 11.8. The van der Waals surface area contributed by atoms with E-state index in [1.165, 1.54) is 11.8 Å². The molecule has 0 bridgehead atoms. The third-order valence-corrected chi connectivity index (χ3v) is 4.05. The van der Waals surface area contributed by atoms with Crippen LogP contribution in [-0.2, 0) is 9.53 Å². The first kappa shape index (κ1) is 15.4. The Kier molecular flexibility index (Phi) is 5.53. The van der Waals surface area contributed by atoms with Crippen LogP contribution in [0.25, 0.3) is 0 Å². The molecule has 0 amide bonds. The number of ether oxygens (including phenoxy) is 2. The highest BCUT2D eigenvalue weighted by molar-refractivity contribution is 9.10. The first-order valence-corrected chi connectivity index (χ1v) is 7.21. The van der Waals surface area contributed by atoms with Gasteiger partial charge in [0.25, 0.3) is 0 Å². The fraction of sp³-hybridized carbons (Fsp3) is 0.462. The summed E-state index contributed by atoms with van der Waals surface area (Å²) in [5.41, 5.74) is 0. The molecule has 0 spiro atoms. The van der Waals surface area contributed by atoms with Crippen molar-refractivity contribution in [3.63, 3.8) is 0 Å². The Balaban J connectivity index is 2.84. The molecule has 18 heavy (non-hydrogen) atoms. The Morgan fingerprint density at radius 1 is 1.44 bits per heavy atom. The van der Waals surface area contributed by atoms with Gasteiger partial charge in [0.2, 0.25) is 0 Å². The minimum atomic E-state index is -0.607. The van der Waals surface area contributed by atoms with Gasteiger partial charge in [-0.15, -0.1) is 11.8 Å². The molecule has 0 fully saturated rings. The summed E-state index contributed by atoms with van der Waals surface area (Å²) in [7, 11) is 1.62. The van der Waals surface area contributed by atoms with E-state index in [1.54, 1.807) is 7.11 Å². The van der Waals surface area contributed by atoms with Crippen LogP contribution in [0.3, 0.4) is 0 Å². The maximum Gasteiger partial charge on any atom is 0.321 e. The Labute approximate surface area is 120 Å². The van der Waals surface area contributed by atoms with Crippen LogP contribution in [0.5, 0.6) is 5.75 Å². The van der Waals surface area contributed by atoms with E-state index in [1.807, 2.05) is 39.0 Å². The number of hydrogen-bond donors (Lipinski definition) is 0. The van der Waals surface area contributed by atoms with Gasteiger partial charge < -0.3 is 9.47 Å². The van der Waals surface area contributed by atoms with Crippen LogP contribution >= 0.6 is 27.7 Å². The summed E-state index contributed by atoms with van der Waals surface area (Å²) in [6.07, 6.45) is 0. The van der Waals surface area contributed by atoms with Crippen molar-refractivity contribution in [3.8, 4) is 5.75 Å². The molecule has 0 heterocycles. The molecule has 3 nitrogen and oxygen atoms in total. The Bertz CT molecular complexity index is 432. The molecule has 0 aliphatic heterocycles. The van der Waals surface area contributed by atoms with Crippen molar-refractivity contribution < 1.29 is 14.3 Å². The third-order valence-electron chi connectivity index (χ3n) is 2.26. The van der Waals surface area contributed by atoms with Crippen molar-refractivity contribution in [2.75, 3.05) is 13.7 Å². The summed E-state index contributed by atoms with van der Waals surface area (Å²) in [5, 5.41) is 0. The van der Waals surface area contributed by atoms with E-state index < -0.39 is 4.75 Å². The zero-order valence-corrected chi connectivity index (χ0v) is 13.4. The van der Waals surface area contributed by atoms with Crippen LogP contribution in [0.15, 0.2) is 27.6 Å². The van der Waals surface area contributed by atoms with E-state index in [0.29, 0.717) is 6.61 Å². The average Bonchev–Trinajstić information content (AvgIpc) is 2.29. The molecule has 0 radical (unpaired) electrons. The van der Waals surface area contributed by atoms with E-state index in [-0.39, 0.29) is 5.97 Å². The largest absolute Gasteiger partial charge is 0.496 e. The van der Waals surface area contributed by atoms with E-state index in [4.69, 9.17) is 9.47 Å². The van der Waals surface area contributed by atoms with Crippen molar-refractivity contribution in [3.05, 3.63) is 22.7 Å². The van der Waals surface area contributed by atoms with Gasteiger partial charge in [0, 0.05) is 4.90 Å². The standard InChI is InChI=1S/C13H17BrO3S/c1-5-17-12(15)13(2,3)18-9-6-7-11(16-4)10(14)8-9/h6-8H,5H2,1-4H3. The highest BCUT2D eigenvalue weighted by atomic mass is 79.9. The van der Waals surface area contributed by atoms with E-state index in [0.717, 1.165) is 15.1 Å². The molecule has 5 heteroatoms. The van der Waals surface area contributed by atoms with Gasteiger partial charge in [-0.3, -0.25) is 4.79 Å². The number of esters is 1. The second-order valence-electron chi connectivity index (χ2n) is 4.13. The van der Waals surface area contributed by atoms with Gasteiger partial charge in [-0.2, -0.15) is 0 Å². The first-order chi connectivity index (χ1) is 8.40. The molecule has 100 valence electrons. The average molecular weight is 333 g/mol. The number of rotatable bonds is 5. The molecule has 1 aromatic rings.